The van der Waals surface area contributed by atoms with Crippen molar-refractivity contribution < 1.29 is 35.4 Å². The van der Waals surface area contributed by atoms with Crippen LogP contribution in [0.2, 0.25) is 0 Å². The molecular weight excluding hydrogens is 556 g/mol. The molecule has 0 radical (unpaired) electrons. The molecule has 2 atom stereocenters. The maximum atomic E-state index is 11.8. The fourth-order valence-electron chi connectivity index (χ4n) is 4.08. The van der Waals surface area contributed by atoms with Gasteiger partial charge >= 0.3 is 0 Å². The van der Waals surface area contributed by atoms with Crippen molar-refractivity contribution in [3.63, 3.8) is 0 Å². The van der Waals surface area contributed by atoms with Crippen LogP contribution in [-0.4, -0.2) is 198 Å². The molecular formula is C30H62N6O7. The van der Waals surface area contributed by atoms with Gasteiger partial charge in [-0.05, 0) is 93.2 Å². The minimum absolute atomic E-state index is 0.114. The highest BCUT2D eigenvalue weighted by Gasteiger charge is 2.14. The van der Waals surface area contributed by atoms with Gasteiger partial charge in [-0.15, -0.1) is 0 Å². The lowest BCUT2D eigenvalue weighted by molar-refractivity contribution is 0.0684. The van der Waals surface area contributed by atoms with Crippen molar-refractivity contribution in [2.45, 2.75) is 38.9 Å². The lowest BCUT2D eigenvalue weighted by Gasteiger charge is -2.25. The molecule has 1 aromatic rings. The van der Waals surface area contributed by atoms with Crippen molar-refractivity contribution in [3.05, 3.63) is 30.1 Å². The molecule has 0 aliphatic rings. The lowest BCUT2D eigenvalue weighted by Crippen LogP contribution is -2.37. The minimum Gasteiger partial charge on any atom is -0.395 e. The quantitative estimate of drug-likeness (QED) is 0.0969. The first-order valence-corrected chi connectivity index (χ1v) is 15.1. The van der Waals surface area contributed by atoms with Crippen LogP contribution in [0.5, 0.6) is 0 Å². The van der Waals surface area contributed by atoms with Crippen LogP contribution in [-0.2, 0) is 0 Å². The molecule has 13 heteroatoms. The normalized spacial score (nSPS) is 12.6. The van der Waals surface area contributed by atoms with Gasteiger partial charge in [-0.1, -0.05) is 0 Å². The molecule has 1 rings (SSSR count). The number of pyridine rings is 1. The number of amides is 1. The van der Waals surface area contributed by atoms with E-state index in [0.717, 1.165) is 39.0 Å². The van der Waals surface area contributed by atoms with E-state index in [4.69, 9.17) is 20.4 Å². The van der Waals surface area contributed by atoms with E-state index in [0.29, 0.717) is 31.7 Å². The molecule has 0 spiro atoms. The van der Waals surface area contributed by atoms with Crippen LogP contribution in [0, 0.1) is 0 Å². The molecule has 6 N–H and O–H groups in total. The van der Waals surface area contributed by atoms with Crippen LogP contribution >= 0.6 is 0 Å². The Morgan fingerprint density at radius 1 is 0.651 bits per heavy atom. The van der Waals surface area contributed by atoms with E-state index in [2.05, 4.69) is 24.6 Å². The standard InChI is InChI=1S/C11H26N2O2.C10H14N2O3.C9H22N2O2/c1-10(14)8-13(9-11(2)15)7-5-6-12(3)4;13-7-5-12(6-8-14)10(15)9-1-3-11-4-2-9;1-10(2)4-3-5-11(6-8-12)7-9-13/h10-11,14-15H,5-9H2,1-4H3;1-4,13-14H,5-8H2;12-13H,3-9H2,1-2H3. The first-order chi connectivity index (χ1) is 20.4. The molecule has 1 heterocycles. The van der Waals surface area contributed by atoms with Crippen molar-refractivity contribution in [1.82, 2.24) is 29.5 Å². The Morgan fingerprint density at radius 2 is 1.05 bits per heavy atom. The molecule has 0 saturated heterocycles. The zero-order valence-corrected chi connectivity index (χ0v) is 27.6. The summed E-state index contributed by atoms with van der Waals surface area (Å²) in [5, 5.41) is 53.6. The molecule has 0 saturated carbocycles. The Kier molecular flexibility index (Phi) is 29.2. The molecule has 0 fully saturated rings. The first kappa shape index (κ1) is 43.3. The fourth-order valence-corrected chi connectivity index (χ4v) is 4.08. The molecule has 2 unspecified atom stereocenters. The van der Waals surface area contributed by atoms with E-state index in [1.54, 1.807) is 26.0 Å². The van der Waals surface area contributed by atoms with Crippen LogP contribution in [0.15, 0.2) is 24.5 Å². The molecule has 254 valence electrons. The van der Waals surface area contributed by atoms with Crippen molar-refractivity contribution in [2.24, 2.45) is 0 Å². The van der Waals surface area contributed by atoms with E-state index < -0.39 is 0 Å². The van der Waals surface area contributed by atoms with E-state index in [9.17, 15) is 15.0 Å². The Bertz CT molecular complexity index is 723. The van der Waals surface area contributed by atoms with E-state index in [1.165, 1.54) is 17.3 Å². The summed E-state index contributed by atoms with van der Waals surface area (Å²) in [6, 6.07) is 3.20. The zero-order chi connectivity index (χ0) is 33.0. The fraction of sp³-hybridized carbons (Fsp3) is 0.800. The smallest absolute Gasteiger partial charge is 0.254 e. The third-order valence-electron chi connectivity index (χ3n) is 5.99. The average Bonchev–Trinajstić information content (AvgIpc) is 2.93. The number of aliphatic hydroxyl groups excluding tert-OH is 6. The Hall–Kier alpha value is -1.78. The van der Waals surface area contributed by atoms with Crippen LogP contribution in [0.4, 0.5) is 0 Å². The number of hydrogen-bond acceptors (Lipinski definition) is 12. The number of nitrogens with zero attached hydrogens (tertiary/aromatic N) is 6. The molecule has 0 bridgehead atoms. The van der Waals surface area contributed by atoms with E-state index in [-0.39, 0.29) is 57.6 Å². The zero-order valence-electron chi connectivity index (χ0n) is 27.6. The van der Waals surface area contributed by atoms with E-state index in [1.807, 2.05) is 28.2 Å². The minimum atomic E-state index is -0.330. The van der Waals surface area contributed by atoms with Gasteiger partial charge in [-0.2, -0.15) is 0 Å². The number of carbonyl (C=O) groups is 1. The van der Waals surface area contributed by atoms with Crippen LogP contribution in [0.3, 0.4) is 0 Å². The summed E-state index contributed by atoms with van der Waals surface area (Å²) in [6.07, 6.45) is 4.54. The third kappa shape index (κ3) is 27.5. The summed E-state index contributed by atoms with van der Waals surface area (Å²) in [5.41, 5.74) is 0.506. The average molecular weight is 619 g/mol. The predicted molar refractivity (Wildman–Crippen MR) is 171 cm³/mol. The number of aromatic nitrogens is 1. The molecule has 0 aliphatic carbocycles. The second-order valence-electron chi connectivity index (χ2n) is 11.0. The Morgan fingerprint density at radius 3 is 1.40 bits per heavy atom. The van der Waals surface area contributed by atoms with Gasteiger partial charge in [-0.3, -0.25) is 19.6 Å². The summed E-state index contributed by atoms with van der Waals surface area (Å²) < 4.78 is 0. The molecule has 1 amide bonds. The Labute approximate surface area is 260 Å². The maximum absolute atomic E-state index is 11.8. The highest BCUT2D eigenvalue weighted by Crippen LogP contribution is 2.03. The van der Waals surface area contributed by atoms with Crippen molar-refractivity contribution >= 4 is 5.91 Å². The highest BCUT2D eigenvalue weighted by atomic mass is 16.3. The monoisotopic (exact) mass is 618 g/mol. The molecule has 0 aliphatic heterocycles. The summed E-state index contributed by atoms with van der Waals surface area (Å²) in [4.78, 5) is 25.5. The molecule has 43 heavy (non-hydrogen) atoms. The Balaban J connectivity index is 0. The second kappa shape index (κ2) is 29.0. The topological polar surface area (TPSA) is 168 Å². The van der Waals surface area contributed by atoms with Gasteiger partial charge in [0.05, 0.1) is 38.6 Å². The van der Waals surface area contributed by atoms with Gasteiger partial charge in [0.2, 0.25) is 0 Å². The second-order valence-corrected chi connectivity index (χ2v) is 11.0. The van der Waals surface area contributed by atoms with Gasteiger partial charge in [-0.25, -0.2) is 0 Å². The largest absolute Gasteiger partial charge is 0.395 e. The summed E-state index contributed by atoms with van der Waals surface area (Å²) in [7, 11) is 8.19. The van der Waals surface area contributed by atoms with Crippen molar-refractivity contribution in [2.75, 3.05) is 120 Å². The lowest BCUT2D eigenvalue weighted by atomic mass is 10.2. The van der Waals surface area contributed by atoms with E-state index >= 15 is 0 Å². The van der Waals surface area contributed by atoms with Crippen molar-refractivity contribution in [3.8, 4) is 0 Å². The van der Waals surface area contributed by atoms with Gasteiger partial charge < -0.3 is 45.3 Å². The van der Waals surface area contributed by atoms with Gasteiger partial charge in [0.25, 0.3) is 5.91 Å². The van der Waals surface area contributed by atoms with Crippen LogP contribution < -0.4 is 0 Å². The van der Waals surface area contributed by atoms with Crippen molar-refractivity contribution in [1.29, 1.82) is 0 Å². The van der Waals surface area contributed by atoms with Crippen LogP contribution in [0.25, 0.3) is 0 Å². The number of carbonyl (C=O) groups excluding carboxylic acids is 1. The first-order valence-electron chi connectivity index (χ1n) is 15.1. The van der Waals surface area contributed by atoms with Gasteiger partial charge in [0, 0.05) is 57.2 Å². The highest BCUT2D eigenvalue weighted by molar-refractivity contribution is 5.94. The summed E-state index contributed by atoms with van der Waals surface area (Å²) in [5.74, 6) is -0.208. The van der Waals surface area contributed by atoms with Gasteiger partial charge in [0.15, 0.2) is 0 Å². The molecule has 13 nitrogen and oxygen atoms in total. The molecule has 1 aromatic heterocycles. The summed E-state index contributed by atoms with van der Waals surface area (Å²) >= 11 is 0. The molecule has 0 aromatic carbocycles. The summed E-state index contributed by atoms with van der Waals surface area (Å²) in [6.45, 7) is 10.7. The predicted octanol–water partition coefficient (Wildman–Crippen LogP) is -1.27. The maximum Gasteiger partial charge on any atom is 0.254 e. The van der Waals surface area contributed by atoms with Crippen LogP contribution in [0.1, 0.15) is 37.0 Å². The SMILES string of the molecule is CC(O)CN(CCCN(C)C)CC(C)O.CN(C)CCCN(CCO)CCO.O=C(c1ccncc1)N(CCO)CCO. The third-order valence-corrected chi connectivity index (χ3v) is 5.99. The number of hydrogen-bond donors (Lipinski definition) is 6. The number of aliphatic hydroxyl groups is 6. The van der Waals surface area contributed by atoms with Gasteiger partial charge in [0.1, 0.15) is 0 Å². The number of rotatable bonds is 21.